The van der Waals surface area contributed by atoms with E-state index in [0.29, 0.717) is 0 Å². The molecule has 1 atom stereocenters. The van der Waals surface area contributed by atoms with Gasteiger partial charge in [0.25, 0.3) is 5.91 Å². The van der Waals surface area contributed by atoms with Crippen molar-refractivity contribution in [3.63, 3.8) is 0 Å². The van der Waals surface area contributed by atoms with Crippen LogP contribution in [0.3, 0.4) is 0 Å². The monoisotopic (exact) mass is 462 g/mol. The van der Waals surface area contributed by atoms with Crippen LogP contribution in [-0.2, 0) is 26.1 Å². The average Bonchev–Trinajstić information content (AvgIpc) is 2.77. The molecule has 8 nitrogen and oxygen atoms in total. The molecule has 0 heterocycles. The van der Waals surface area contributed by atoms with E-state index in [1.165, 1.54) is 36.7 Å². The van der Waals surface area contributed by atoms with E-state index in [2.05, 4.69) is 5.32 Å². The number of amides is 1. The van der Waals surface area contributed by atoms with Crippen LogP contribution in [0.15, 0.2) is 53.4 Å². The van der Waals surface area contributed by atoms with Crippen molar-refractivity contribution in [2.45, 2.75) is 38.3 Å². The van der Waals surface area contributed by atoms with Gasteiger partial charge in [0.05, 0.1) is 12.7 Å². The standard InChI is InChI=1S/C23H30N2O6S/c1-16(2)17(3)24-22(26)15-31-23(27)19-11-12-20(30-5)21(13-19)32(28,29)25(4)14-18-9-7-6-8-10-18/h6-13,16-17H,14-15H2,1-5H3,(H,24,26)/t17-/m1/s1. The minimum atomic E-state index is -3.97. The van der Waals surface area contributed by atoms with Gasteiger partial charge in [0.2, 0.25) is 10.0 Å². The number of hydrogen-bond donors (Lipinski definition) is 1. The number of esters is 1. The molecule has 0 aliphatic heterocycles. The van der Waals surface area contributed by atoms with Gasteiger partial charge >= 0.3 is 5.97 Å². The Kier molecular flexibility index (Phi) is 8.80. The van der Waals surface area contributed by atoms with Crippen molar-refractivity contribution < 1.29 is 27.5 Å². The Hall–Kier alpha value is -2.91. The van der Waals surface area contributed by atoms with Crippen LogP contribution in [0, 0.1) is 5.92 Å². The highest BCUT2D eigenvalue weighted by Gasteiger charge is 2.27. The van der Waals surface area contributed by atoms with E-state index in [4.69, 9.17) is 9.47 Å². The molecule has 0 spiro atoms. The van der Waals surface area contributed by atoms with E-state index in [9.17, 15) is 18.0 Å². The summed E-state index contributed by atoms with van der Waals surface area (Å²) in [5.41, 5.74) is 0.817. The summed E-state index contributed by atoms with van der Waals surface area (Å²) in [5, 5.41) is 2.74. The summed E-state index contributed by atoms with van der Waals surface area (Å²) >= 11 is 0. The number of nitrogens with zero attached hydrogens (tertiary/aromatic N) is 1. The minimum Gasteiger partial charge on any atom is -0.495 e. The van der Waals surface area contributed by atoms with Crippen LogP contribution in [0.2, 0.25) is 0 Å². The van der Waals surface area contributed by atoms with Crippen LogP contribution in [0.5, 0.6) is 5.75 Å². The zero-order chi connectivity index (χ0) is 23.9. The molecule has 2 aromatic carbocycles. The Morgan fingerprint density at radius 2 is 1.72 bits per heavy atom. The lowest BCUT2D eigenvalue weighted by Gasteiger charge is -2.19. The summed E-state index contributed by atoms with van der Waals surface area (Å²) in [6.45, 7) is 5.47. The van der Waals surface area contributed by atoms with Gasteiger partial charge in [-0.05, 0) is 36.6 Å². The van der Waals surface area contributed by atoms with Crippen LogP contribution < -0.4 is 10.1 Å². The largest absolute Gasteiger partial charge is 0.495 e. The van der Waals surface area contributed by atoms with Crippen LogP contribution in [0.1, 0.15) is 36.7 Å². The number of sulfonamides is 1. The van der Waals surface area contributed by atoms with Crippen molar-refractivity contribution >= 4 is 21.9 Å². The van der Waals surface area contributed by atoms with Crippen molar-refractivity contribution in [2.24, 2.45) is 5.92 Å². The Morgan fingerprint density at radius 1 is 1.06 bits per heavy atom. The molecule has 0 unspecified atom stereocenters. The average molecular weight is 463 g/mol. The van der Waals surface area contributed by atoms with Crippen molar-refractivity contribution in [3.05, 3.63) is 59.7 Å². The third-order valence-corrected chi connectivity index (χ3v) is 6.88. The number of ether oxygens (including phenoxy) is 2. The van der Waals surface area contributed by atoms with Crippen LogP contribution in [-0.4, -0.2) is 51.4 Å². The number of methoxy groups -OCH3 is 1. The first-order valence-electron chi connectivity index (χ1n) is 10.2. The molecule has 2 rings (SSSR count). The first-order valence-corrected chi connectivity index (χ1v) is 11.6. The van der Waals surface area contributed by atoms with Crippen molar-refractivity contribution in [1.29, 1.82) is 0 Å². The number of carbonyl (C=O) groups is 2. The lowest BCUT2D eigenvalue weighted by molar-refractivity contribution is -0.125. The maximum absolute atomic E-state index is 13.2. The van der Waals surface area contributed by atoms with E-state index >= 15 is 0 Å². The molecule has 0 aliphatic rings. The number of carbonyl (C=O) groups excluding carboxylic acids is 2. The third kappa shape index (κ3) is 6.54. The van der Waals surface area contributed by atoms with Gasteiger partial charge in [0.15, 0.2) is 6.61 Å². The van der Waals surface area contributed by atoms with E-state index in [1.54, 1.807) is 0 Å². The number of benzene rings is 2. The van der Waals surface area contributed by atoms with E-state index < -0.39 is 28.5 Å². The van der Waals surface area contributed by atoms with Gasteiger partial charge in [0, 0.05) is 19.6 Å². The molecule has 0 saturated heterocycles. The molecule has 0 saturated carbocycles. The quantitative estimate of drug-likeness (QED) is 0.545. The molecular formula is C23H30N2O6S. The molecular weight excluding hydrogens is 432 g/mol. The number of rotatable bonds is 10. The molecule has 1 amide bonds. The van der Waals surface area contributed by atoms with Crippen molar-refractivity contribution in [2.75, 3.05) is 20.8 Å². The molecule has 9 heteroatoms. The zero-order valence-electron chi connectivity index (χ0n) is 19.0. The van der Waals surface area contributed by atoms with E-state index in [1.807, 2.05) is 51.1 Å². The molecule has 1 N–H and O–H groups in total. The molecule has 0 aromatic heterocycles. The highest BCUT2D eigenvalue weighted by atomic mass is 32.2. The Bertz CT molecular complexity index is 1040. The summed E-state index contributed by atoms with van der Waals surface area (Å²) in [6.07, 6.45) is 0. The molecule has 0 fully saturated rings. The Labute approximate surface area is 189 Å². The SMILES string of the molecule is COc1ccc(C(=O)OCC(=O)N[C@H](C)C(C)C)cc1S(=O)(=O)N(C)Cc1ccccc1. The maximum atomic E-state index is 13.2. The second-order valence-corrected chi connectivity index (χ2v) is 9.80. The van der Waals surface area contributed by atoms with Gasteiger partial charge in [-0.1, -0.05) is 44.2 Å². The topological polar surface area (TPSA) is 102 Å². The van der Waals surface area contributed by atoms with Crippen LogP contribution in [0.25, 0.3) is 0 Å². The number of nitrogens with one attached hydrogen (secondary N) is 1. The fourth-order valence-electron chi connectivity index (χ4n) is 2.78. The Morgan fingerprint density at radius 3 is 2.31 bits per heavy atom. The second-order valence-electron chi connectivity index (χ2n) is 7.79. The van der Waals surface area contributed by atoms with Crippen molar-refractivity contribution in [3.8, 4) is 5.75 Å². The fraction of sp³-hybridized carbons (Fsp3) is 0.391. The predicted octanol–water partition coefficient (Wildman–Crippen LogP) is 2.83. The van der Waals surface area contributed by atoms with Gasteiger partial charge < -0.3 is 14.8 Å². The summed E-state index contributed by atoms with van der Waals surface area (Å²) < 4.78 is 37.8. The molecule has 0 bridgehead atoms. The van der Waals surface area contributed by atoms with E-state index in [-0.39, 0.29) is 34.7 Å². The molecule has 32 heavy (non-hydrogen) atoms. The smallest absolute Gasteiger partial charge is 0.338 e. The van der Waals surface area contributed by atoms with Gasteiger partial charge in [-0.15, -0.1) is 0 Å². The summed E-state index contributed by atoms with van der Waals surface area (Å²) in [4.78, 5) is 24.3. The predicted molar refractivity (Wildman–Crippen MR) is 121 cm³/mol. The highest BCUT2D eigenvalue weighted by Crippen LogP contribution is 2.28. The van der Waals surface area contributed by atoms with E-state index in [0.717, 1.165) is 5.56 Å². The van der Waals surface area contributed by atoms with Crippen LogP contribution in [0.4, 0.5) is 0 Å². The van der Waals surface area contributed by atoms with Crippen LogP contribution >= 0.6 is 0 Å². The van der Waals surface area contributed by atoms with Crippen molar-refractivity contribution in [1.82, 2.24) is 9.62 Å². The van der Waals surface area contributed by atoms with Gasteiger partial charge in [-0.2, -0.15) is 4.31 Å². The second kappa shape index (κ2) is 11.1. The summed E-state index contributed by atoms with van der Waals surface area (Å²) in [6, 6.07) is 13.1. The lowest BCUT2D eigenvalue weighted by Crippen LogP contribution is -2.38. The molecule has 174 valence electrons. The van der Waals surface area contributed by atoms with Gasteiger partial charge in [0.1, 0.15) is 10.6 Å². The molecule has 0 aliphatic carbocycles. The number of hydrogen-bond acceptors (Lipinski definition) is 6. The maximum Gasteiger partial charge on any atom is 0.338 e. The third-order valence-electron chi connectivity index (χ3n) is 5.06. The van der Waals surface area contributed by atoms with Gasteiger partial charge in [-0.3, -0.25) is 4.79 Å². The molecule has 2 aromatic rings. The highest BCUT2D eigenvalue weighted by molar-refractivity contribution is 7.89. The molecule has 0 radical (unpaired) electrons. The zero-order valence-corrected chi connectivity index (χ0v) is 19.8. The first-order chi connectivity index (χ1) is 15.1. The fourth-order valence-corrected chi connectivity index (χ4v) is 4.11. The summed E-state index contributed by atoms with van der Waals surface area (Å²) in [5.74, 6) is -0.896. The first kappa shape index (κ1) is 25.4. The minimum absolute atomic E-state index is 0.00203. The van der Waals surface area contributed by atoms with Gasteiger partial charge in [-0.25, -0.2) is 13.2 Å². The normalized spacial score (nSPS) is 12.5. The Balaban J connectivity index is 2.18. The summed E-state index contributed by atoms with van der Waals surface area (Å²) in [7, 11) is -1.17. The lowest BCUT2D eigenvalue weighted by atomic mass is 10.1.